The zero-order chi connectivity index (χ0) is 26.4. The van der Waals surface area contributed by atoms with Gasteiger partial charge < -0.3 is 25.0 Å². The number of nitrogens with one attached hydrogen (secondary N) is 2. The lowest BCUT2D eigenvalue weighted by Gasteiger charge is -2.40. The summed E-state index contributed by atoms with van der Waals surface area (Å²) in [6.07, 6.45) is 12.4. The smallest absolute Gasteiger partial charge is 0.246 e. The van der Waals surface area contributed by atoms with Gasteiger partial charge in [0.15, 0.2) is 0 Å². The highest BCUT2D eigenvalue weighted by molar-refractivity contribution is 6.03. The minimum atomic E-state index is -1.11. The van der Waals surface area contributed by atoms with Crippen LogP contribution < -0.4 is 15.4 Å². The molecule has 1 aromatic carbocycles. The average molecular weight is 522 g/mol. The molecular weight excluding hydrogens is 482 g/mol. The van der Waals surface area contributed by atoms with Gasteiger partial charge in [-0.3, -0.25) is 14.4 Å². The van der Waals surface area contributed by atoms with Crippen LogP contribution in [0.4, 0.5) is 5.69 Å². The van der Waals surface area contributed by atoms with Gasteiger partial charge in [0.05, 0.1) is 25.0 Å². The van der Waals surface area contributed by atoms with Crippen molar-refractivity contribution in [3.8, 4) is 5.75 Å². The van der Waals surface area contributed by atoms with Crippen molar-refractivity contribution in [2.45, 2.75) is 94.5 Å². The molecule has 38 heavy (non-hydrogen) atoms. The SMILES string of the molecule is COc1ccc(NC(=O)C2C3C=CC4(O3)C2C(=O)N(C2CCC(C)CC2)C4C(=O)NC2CCCCC2)cc1. The first-order chi connectivity index (χ1) is 18.4. The summed E-state index contributed by atoms with van der Waals surface area (Å²) in [7, 11) is 1.59. The summed E-state index contributed by atoms with van der Waals surface area (Å²) >= 11 is 0. The first kappa shape index (κ1) is 25.4. The van der Waals surface area contributed by atoms with Gasteiger partial charge in [-0.2, -0.15) is 0 Å². The lowest BCUT2D eigenvalue weighted by Crippen LogP contribution is -2.58. The van der Waals surface area contributed by atoms with E-state index in [2.05, 4.69) is 17.6 Å². The van der Waals surface area contributed by atoms with E-state index in [0.717, 1.165) is 51.4 Å². The summed E-state index contributed by atoms with van der Waals surface area (Å²) in [6, 6.07) is 6.50. The Morgan fingerprint density at radius 2 is 1.71 bits per heavy atom. The Hall–Kier alpha value is -2.87. The number of ether oxygens (including phenoxy) is 2. The number of benzene rings is 1. The molecule has 3 aliphatic heterocycles. The summed E-state index contributed by atoms with van der Waals surface area (Å²) in [6.45, 7) is 2.25. The molecule has 5 unspecified atom stereocenters. The molecule has 0 aromatic heterocycles. The maximum atomic E-state index is 14.2. The van der Waals surface area contributed by atoms with E-state index in [9.17, 15) is 14.4 Å². The first-order valence-electron chi connectivity index (χ1n) is 14.4. The molecule has 2 saturated carbocycles. The highest BCUT2D eigenvalue weighted by Crippen LogP contribution is 2.56. The van der Waals surface area contributed by atoms with Crippen molar-refractivity contribution < 1.29 is 23.9 Å². The Morgan fingerprint density at radius 1 is 1.00 bits per heavy atom. The van der Waals surface area contributed by atoms with E-state index >= 15 is 0 Å². The van der Waals surface area contributed by atoms with Crippen molar-refractivity contribution in [3.05, 3.63) is 36.4 Å². The largest absolute Gasteiger partial charge is 0.497 e. The Labute approximate surface area is 224 Å². The van der Waals surface area contributed by atoms with Crippen LogP contribution in [-0.2, 0) is 19.1 Å². The number of amides is 3. The molecule has 6 rings (SSSR count). The van der Waals surface area contributed by atoms with Crippen LogP contribution in [0.2, 0.25) is 0 Å². The number of likely N-dealkylation sites (tertiary alicyclic amines) is 1. The minimum Gasteiger partial charge on any atom is -0.497 e. The van der Waals surface area contributed by atoms with E-state index in [1.807, 2.05) is 17.1 Å². The molecule has 3 amide bonds. The fraction of sp³-hybridized carbons (Fsp3) is 0.633. The molecule has 2 bridgehead atoms. The number of fused-ring (bicyclic) bond motifs is 1. The quantitative estimate of drug-likeness (QED) is 0.555. The van der Waals surface area contributed by atoms with Crippen molar-refractivity contribution in [2.24, 2.45) is 17.8 Å². The van der Waals surface area contributed by atoms with Gasteiger partial charge in [0.1, 0.15) is 17.4 Å². The van der Waals surface area contributed by atoms with Crippen LogP contribution in [0.25, 0.3) is 0 Å². The van der Waals surface area contributed by atoms with Gasteiger partial charge in [-0.1, -0.05) is 38.3 Å². The van der Waals surface area contributed by atoms with Gasteiger partial charge in [-0.05, 0) is 68.7 Å². The molecule has 204 valence electrons. The summed E-state index contributed by atoms with van der Waals surface area (Å²) in [5.41, 5.74) is -0.474. The van der Waals surface area contributed by atoms with Crippen molar-refractivity contribution in [2.75, 3.05) is 12.4 Å². The Balaban J connectivity index is 1.30. The summed E-state index contributed by atoms with van der Waals surface area (Å²) in [4.78, 5) is 43.7. The van der Waals surface area contributed by atoms with Gasteiger partial charge in [0.2, 0.25) is 17.7 Å². The maximum Gasteiger partial charge on any atom is 0.246 e. The minimum absolute atomic E-state index is 0.0119. The number of methoxy groups -OCH3 is 1. The molecule has 1 spiro atoms. The highest BCUT2D eigenvalue weighted by Gasteiger charge is 2.73. The molecule has 3 heterocycles. The highest BCUT2D eigenvalue weighted by atomic mass is 16.5. The van der Waals surface area contributed by atoms with Crippen LogP contribution in [0.1, 0.15) is 64.7 Å². The Kier molecular flexibility index (Phi) is 6.70. The van der Waals surface area contributed by atoms with Crippen LogP contribution in [0.5, 0.6) is 5.75 Å². The van der Waals surface area contributed by atoms with Crippen LogP contribution in [0.3, 0.4) is 0 Å². The number of carbonyl (C=O) groups is 3. The van der Waals surface area contributed by atoms with Gasteiger partial charge in [-0.25, -0.2) is 0 Å². The normalized spacial score (nSPS) is 36.3. The third kappa shape index (κ3) is 4.21. The summed E-state index contributed by atoms with van der Waals surface area (Å²) < 4.78 is 11.7. The lowest BCUT2D eigenvalue weighted by atomic mass is 9.74. The van der Waals surface area contributed by atoms with Crippen LogP contribution in [0.15, 0.2) is 36.4 Å². The van der Waals surface area contributed by atoms with E-state index < -0.39 is 29.6 Å². The third-order valence-electron chi connectivity index (χ3n) is 9.55. The molecule has 2 N–H and O–H groups in total. The molecule has 8 heteroatoms. The second kappa shape index (κ2) is 10.0. The lowest BCUT2D eigenvalue weighted by molar-refractivity contribution is -0.145. The number of nitrogens with zero attached hydrogens (tertiary/aromatic N) is 1. The van der Waals surface area contributed by atoms with Crippen molar-refractivity contribution in [1.82, 2.24) is 10.2 Å². The second-order valence-electron chi connectivity index (χ2n) is 11.9. The van der Waals surface area contributed by atoms with Crippen molar-refractivity contribution in [3.63, 3.8) is 0 Å². The van der Waals surface area contributed by atoms with E-state index in [1.165, 1.54) is 6.42 Å². The Bertz CT molecular complexity index is 1110. The Morgan fingerprint density at radius 3 is 2.39 bits per heavy atom. The van der Waals surface area contributed by atoms with E-state index in [0.29, 0.717) is 17.4 Å². The number of hydrogen-bond acceptors (Lipinski definition) is 5. The summed E-state index contributed by atoms with van der Waals surface area (Å²) in [5, 5.41) is 6.27. The predicted molar refractivity (Wildman–Crippen MR) is 142 cm³/mol. The fourth-order valence-corrected chi connectivity index (χ4v) is 7.55. The monoisotopic (exact) mass is 521 g/mol. The number of rotatable bonds is 6. The van der Waals surface area contributed by atoms with Gasteiger partial charge in [-0.15, -0.1) is 0 Å². The average Bonchev–Trinajstić information content (AvgIpc) is 3.57. The zero-order valence-corrected chi connectivity index (χ0v) is 22.4. The van der Waals surface area contributed by atoms with E-state index in [1.54, 1.807) is 31.4 Å². The van der Waals surface area contributed by atoms with Gasteiger partial charge >= 0.3 is 0 Å². The zero-order valence-electron chi connectivity index (χ0n) is 22.4. The molecule has 5 aliphatic rings. The molecule has 5 atom stereocenters. The molecule has 1 aromatic rings. The molecule has 2 aliphatic carbocycles. The van der Waals surface area contributed by atoms with Crippen LogP contribution in [0, 0.1) is 17.8 Å². The van der Waals surface area contributed by atoms with Crippen molar-refractivity contribution >= 4 is 23.4 Å². The van der Waals surface area contributed by atoms with E-state index in [4.69, 9.17) is 9.47 Å². The van der Waals surface area contributed by atoms with Crippen LogP contribution >= 0.6 is 0 Å². The van der Waals surface area contributed by atoms with Gasteiger partial charge in [0.25, 0.3) is 0 Å². The molecule has 8 nitrogen and oxygen atoms in total. The standard InChI is InChI=1S/C30H39N3O5/c1-18-8-12-21(13-9-18)33-26(28(35)32-19-6-4-3-5-7-19)30-17-16-23(38-30)24(25(30)29(33)36)27(34)31-20-10-14-22(37-2)15-11-20/h10-11,14-19,21,23-26H,3-9,12-13H2,1-2H3,(H,31,34)(H,32,35). The number of carbonyl (C=O) groups excluding carboxylic acids is 3. The topological polar surface area (TPSA) is 97.0 Å². The molecule has 0 radical (unpaired) electrons. The molecular formula is C30H39N3O5. The predicted octanol–water partition coefficient (Wildman–Crippen LogP) is 3.81. The number of anilines is 1. The fourth-order valence-electron chi connectivity index (χ4n) is 7.55. The number of hydrogen-bond donors (Lipinski definition) is 2. The van der Waals surface area contributed by atoms with Crippen molar-refractivity contribution in [1.29, 1.82) is 0 Å². The molecule has 2 saturated heterocycles. The summed E-state index contributed by atoms with van der Waals surface area (Å²) in [5.74, 6) is -0.586. The van der Waals surface area contributed by atoms with Gasteiger partial charge in [0, 0.05) is 17.8 Å². The third-order valence-corrected chi connectivity index (χ3v) is 9.55. The molecule has 4 fully saturated rings. The van der Waals surface area contributed by atoms with E-state index in [-0.39, 0.29) is 29.8 Å². The second-order valence-corrected chi connectivity index (χ2v) is 11.9. The van der Waals surface area contributed by atoms with Crippen LogP contribution in [-0.4, -0.2) is 59.6 Å². The first-order valence-corrected chi connectivity index (χ1v) is 14.4. The maximum absolute atomic E-state index is 14.2.